The van der Waals surface area contributed by atoms with E-state index in [2.05, 4.69) is 5.32 Å². The van der Waals surface area contributed by atoms with Crippen LogP contribution in [0.5, 0.6) is 0 Å². The highest BCUT2D eigenvalue weighted by atomic mass is 19.3. The molecule has 0 heterocycles. The Hall–Kier alpha value is -0.180. The van der Waals surface area contributed by atoms with Gasteiger partial charge in [-0.2, -0.15) is 0 Å². The Bertz CT molecular complexity index is 73.5. The molecule has 0 amide bonds. The van der Waals surface area contributed by atoms with Crippen molar-refractivity contribution in [2.45, 2.75) is 39.3 Å². The van der Waals surface area contributed by atoms with Crippen molar-refractivity contribution < 1.29 is 8.78 Å². The molecule has 0 aliphatic heterocycles. The molecule has 0 spiro atoms. The van der Waals surface area contributed by atoms with Gasteiger partial charge in [0.1, 0.15) is 0 Å². The summed E-state index contributed by atoms with van der Waals surface area (Å²) in [7, 11) is 0. The van der Waals surface area contributed by atoms with Gasteiger partial charge in [0.25, 0.3) is 6.43 Å². The van der Waals surface area contributed by atoms with Gasteiger partial charge in [0.2, 0.25) is 0 Å². The van der Waals surface area contributed by atoms with Crippen LogP contribution in [0.1, 0.15) is 20.8 Å². The van der Waals surface area contributed by atoms with E-state index in [4.69, 9.17) is 0 Å². The van der Waals surface area contributed by atoms with E-state index in [1.807, 2.05) is 13.8 Å². The minimum atomic E-state index is -2.26. The largest absolute Gasteiger partial charge is 0.307 e. The molecule has 1 atom stereocenters. The molecule has 0 fully saturated rings. The van der Waals surface area contributed by atoms with Crippen molar-refractivity contribution in [3.8, 4) is 0 Å². The molecule has 0 aliphatic rings. The summed E-state index contributed by atoms with van der Waals surface area (Å²) in [5, 5.41) is 2.69. The third-order valence-corrected chi connectivity index (χ3v) is 0.974. The van der Waals surface area contributed by atoms with Crippen LogP contribution < -0.4 is 5.32 Å². The van der Waals surface area contributed by atoms with E-state index in [9.17, 15) is 8.78 Å². The summed E-state index contributed by atoms with van der Waals surface area (Å²) in [4.78, 5) is 0. The SMILES string of the molecule is CC(C)NC(C)C(F)F. The van der Waals surface area contributed by atoms with E-state index >= 15 is 0 Å². The van der Waals surface area contributed by atoms with E-state index in [1.165, 1.54) is 6.92 Å². The van der Waals surface area contributed by atoms with Gasteiger partial charge in [0.05, 0.1) is 6.04 Å². The molecule has 0 rings (SSSR count). The molecule has 1 unspecified atom stereocenters. The number of alkyl halides is 2. The highest BCUT2D eigenvalue weighted by Crippen LogP contribution is 1.99. The Morgan fingerprint density at radius 3 is 1.67 bits per heavy atom. The van der Waals surface area contributed by atoms with Crippen molar-refractivity contribution in [3.63, 3.8) is 0 Å². The first kappa shape index (κ1) is 8.82. The zero-order valence-corrected chi connectivity index (χ0v) is 5.99. The lowest BCUT2D eigenvalue weighted by atomic mass is 10.3. The molecule has 1 N–H and O–H groups in total. The maximum atomic E-state index is 11.7. The fourth-order valence-electron chi connectivity index (χ4n) is 0.599. The summed E-state index contributed by atoms with van der Waals surface area (Å²) in [6.45, 7) is 5.17. The Morgan fingerprint density at radius 2 is 1.56 bits per heavy atom. The molecule has 56 valence electrons. The quantitative estimate of drug-likeness (QED) is 0.623. The fourth-order valence-corrected chi connectivity index (χ4v) is 0.599. The van der Waals surface area contributed by atoms with E-state index in [0.29, 0.717) is 0 Å². The summed E-state index contributed by atoms with van der Waals surface area (Å²) >= 11 is 0. The first-order chi connectivity index (χ1) is 4.04. The van der Waals surface area contributed by atoms with Crippen LogP contribution in [-0.2, 0) is 0 Å². The smallest absolute Gasteiger partial charge is 0.253 e. The minimum Gasteiger partial charge on any atom is -0.307 e. The minimum absolute atomic E-state index is 0.133. The molecule has 0 bridgehead atoms. The molecular weight excluding hydrogens is 124 g/mol. The number of halogens is 2. The third kappa shape index (κ3) is 4.33. The van der Waals surface area contributed by atoms with Crippen molar-refractivity contribution in [1.82, 2.24) is 5.32 Å². The second-order valence-corrected chi connectivity index (χ2v) is 2.44. The number of hydrogen-bond acceptors (Lipinski definition) is 1. The van der Waals surface area contributed by atoms with Crippen molar-refractivity contribution in [1.29, 1.82) is 0 Å². The molecule has 0 saturated heterocycles. The highest BCUT2D eigenvalue weighted by molar-refractivity contribution is 4.64. The predicted octanol–water partition coefficient (Wildman–Crippen LogP) is 1.64. The van der Waals surface area contributed by atoms with Crippen LogP contribution in [0.3, 0.4) is 0 Å². The second kappa shape index (κ2) is 3.77. The van der Waals surface area contributed by atoms with Crippen molar-refractivity contribution in [2.24, 2.45) is 0 Å². The number of rotatable bonds is 3. The lowest BCUT2D eigenvalue weighted by molar-refractivity contribution is 0.102. The van der Waals surface area contributed by atoms with Crippen LogP contribution in [0, 0.1) is 0 Å². The summed E-state index contributed by atoms with van der Waals surface area (Å²) in [6.07, 6.45) is -2.26. The van der Waals surface area contributed by atoms with Gasteiger partial charge in [-0.3, -0.25) is 0 Å². The number of hydrogen-bond donors (Lipinski definition) is 1. The molecule has 0 aromatic carbocycles. The average Bonchev–Trinajstić information content (AvgIpc) is 1.63. The average molecular weight is 137 g/mol. The van der Waals surface area contributed by atoms with E-state index in [0.717, 1.165) is 0 Å². The molecule has 0 saturated carbocycles. The normalized spacial score (nSPS) is 15.0. The molecule has 0 aromatic heterocycles. The molecular formula is C6H13F2N. The van der Waals surface area contributed by atoms with Crippen LogP contribution in [0.25, 0.3) is 0 Å². The topological polar surface area (TPSA) is 12.0 Å². The van der Waals surface area contributed by atoms with Crippen LogP contribution >= 0.6 is 0 Å². The standard InChI is InChI=1S/C6H13F2N/c1-4(2)9-5(3)6(7)8/h4-6,9H,1-3H3. The Kier molecular flexibility index (Phi) is 3.70. The Labute approximate surface area is 54.4 Å². The van der Waals surface area contributed by atoms with E-state index in [-0.39, 0.29) is 6.04 Å². The van der Waals surface area contributed by atoms with E-state index < -0.39 is 12.5 Å². The van der Waals surface area contributed by atoms with Gasteiger partial charge in [0, 0.05) is 6.04 Å². The summed E-state index contributed by atoms with van der Waals surface area (Å²) in [5.74, 6) is 0. The van der Waals surface area contributed by atoms with Gasteiger partial charge >= 0.3 is 0 Å². The first-order valence-corrected chi connectivity index (χ1v) is 3.08. The Balaban J connectivity index is 3.38. The van der Waals surface area contributed by atoms with Gasteiger partial charge in [-0.15, -0.1) is 0 Å². The lowest BCUT2D eigenvalue weighted by Gasteiger charge is -2.14. The predicted molar refractivity (Wildman–Crippen MR) is 33.7 cm³/mol. The highest BCUT2D eigenvalue weighted by Gasteiger charge is 2.13. The van der Waals surface area contributed by atoms with Gasteiger partial charge in [-0.05, 0) is 6.92 Å². The van der Waals surface area contributed by atoms with Crippen LogP contribution in [0.15, 0.2) is 0 Å². The van der Waals surface area contributed by atoms with Crippen LogP contribution in [0.2, 0.25) is 0 Å². The van der Waals surface area contributed by atoms with Gasteiger partial charge in [0.15, 0.2) is 0 Å². The monoisotopic (exact) mass is 137 g/mol. The zero-order chi connectivity index (χ0) is 7.44. The maximum absolute atomic E-state index is 11.7. The van der Waals surface area contributed by atoms with Gasteiger partial charge < -0.3 is 5.32 Å². The van der Waals surface area contributed by atoms with Crippen LogP contribution in [-0.4, -0.2) is 18.5 Å². The second-order valence-electron chi connectivity index (χ2n) is 2.44. The van der Waals surface area contributed by atoms with E-state index in [1.54, 1.807) is 0 Å². The lowest BCUT2D eigenvalue weighted by Crippen LogP contribution is -2.37. The van der Waals surface area contributed by atoms with Crippen molar-refractivity contribution in [2.75, 3.05) is 0 Å². The zero-order valence-electron chi connectivity index (χ0n) is 5.99. The fraction of sp³-hybridized carbons (Fsp3) is 1.00. The molecule has 0 aromatic rings. The Morgan fingerprint density at radius 1 is 1.11 bits per heavy atom. The van der Waals surface area contributed by atoms with Crippen LogP contribution in [0.4, 0.5) is 8.78 Å². The maximum Gasteiger partial charge on any atom is 0.253 e. The first-order valence-electron chi connectivity index (χ1n) is 3.08. The summed E-state index contributed by atoms with van der Waals surface area (Å²) in [6, 6.07) is -0.556. The van der Waals surface area contributed by atoms with Gasteiger partial charge in [-0.25, -0.2) is 8.78 Å². The van der Waals surface area contributed by atoms with Crippen molar-refractivity contribution in [3.05, 3.63) is 0 Å². The third-order valence-electron chi connectivity index (χ3n) is 0.974. The molecule has 9 heavy (non-hydrogen) atoms. The number of nitrogens with one attached hydrogen (secondary N) is 1. The molecule has 0 radical (unpaired) electrons. The molecule has 0 aliphatic carbocycles. The summed E-state index contributed by atoms with van der Waals surface area (Å²) < 4.78 is 23.5. The summed E-state index contributed by atoms with van der Waals surface area (Å²) in [5.41, 5.74) is 0. The molecule has 3 heteroatoms. The molecule has 1 nitrogen and oxygen atoms in total. The van der Waals surface area contributed by atoms with Gasteiger partial charge in [-0.1, -0.05) is 13.8 Å². The van der Waals surface area contributed by atoms with Crippen molar-refractivity contribution >= 4 is 0 Å².